The van der Waals surface area contributed by atoms with Gasteiger partial charge in [-0.1, -0.05) is 13.3 Å². The number of aliphatic hydroxyl groups is 1. The van der Waals surface area contributed by atoms with Gasteiger partial charge in [0.15, 0.2) is 0 Å². The summed E-state index contributed by atoms with van der Waals surface area (Å²) in [7, 11) is 0. The molecule has 0 aromatic rings. The maximum Gasteiger partial charge on any atom is 0.322 e. The number of thioether (sulfide) groups is 1. The number of hydrogen-bond donors (Lipinski definition) is 2. The molecule has 0 aromatic carbocycles. The topological polar surface area (TPSA) is 81.8 Å². The molecule has 0 bridgehead atoms. The zero-order chi connectivity index (χ0) is 14.5. The number of hydrogen-bond acceptors (Lipinski definition) is 6. The number of rotatable bonds is 12. The van der Waals surface area contributed by atoms with E-state index in [0.717, 1.165) is 18.6 Å². The van der Waals surface area contributed by atoms with Crippen LogP contribution in [0.15, 0.2) is 0 Å². The first kappa shape index (κ1) is 18.7. The Bertz CT molecular complexity index is 229. The molecule has 0 heterocycles. The van der Waals surface area contributed by atoms with Gasteiger partial charge in [-0.15, -0.1) is 0 Å². The predicted molar refractivity (Wildman–Crippen MR) is 78.3 cm³/mol. The van der Waals surface area contributed by atoms with Crippen LogP contribution in [0.4, 0.5) is 0 Å². The van der Waals surface area contributed by atoms with Crippen LogP contribution in [0.3, 0.4) is 0 Å². The van der Waals surface area contributed by atoms with Gasteiger partial charge in [-0.25, -0.2) is 0 Å². The van der Waals surface area contributed by atoms with Gasteiger partial charge in [0.05, 0.1) is 19.3 Å². The summed E-state index contributed by atoms with van der Waals surface area (Å²) in [5.74, 6) is 0.972. The van der Waals surface area contributed by atoms with Crippen LogP contribution < -0.4 is 5.73 Å². The second-order valence-corrected chi connectivity index (χ2v) is 5.45. The Hall–Kier alpha value is -0.300. The second kappa shape index (κ2) is 12.7. The number of esters is 1. The van der Waals surface area contributed by atoms with E-state index in [1.165, 1.54) is 0 Å². The molecule has 0 aromatic heterocycles. The summed E-state index contributed by atoms with van der Waals surface area (Å²) in [5, 5.41) is 9.64. The minimum absolute atomic E-state index is 0.355. The van der Waals surface area contributed by atoms with E-state index in [9.17, 15) is 9.90 Å². The van der Waals surface area contributed by atoms with Gasteiger partial charge >= 0.3 is 5.97 Å². The standard InChI is InChI=1S/C13H27NO4S/c1-3-5-7-17-9-11(15)10-19-8-6-12(14)13(16)18-4-2/h11-12,15H,3-10,14H2,1-2H3. The van der Waals surface area contributed by atoms with Crippen LogP contribution in [-0.2, 0) is 14.3 Å². The normalized spacial score (nSPS) is 14.1. The molecule has 0 rings (SSSR count). The van der Waals surface area contributed by atoms with Crippen LogP contribution >= 0.6 is 11.8 Å². The number of ether oxygens (including phenoxy) is 2. The van der Waals surface area contributed by atoms with Crippen LogP contribution in [0.1, 0.15) is 33.1 Å². The zero-order valence-corrected chi connectivity index (χ0v) is 12.8. The summed E-state index contributed by atoms with van der Waals surface area (Å²) in [5.41, 5.74) is 5.66. The molecule has 5 nitrogen and oxygen atoms in total. The molecule has 114 valence electrons. The molecule has 0 saturated heterocycles. The molecule has 3 N–H and O–H groups in total. The molecule has 0 fully saturated rings. The van der Waals surface area contributed by atoms with Gasteiger partial charge in [-0.3, -0.25) is 4.79 Å². The van der Waals surface area contributed by atoms with Crippen molar-refractivity contribution in [2.75, 3.05) is 31.3 Å². The highest BCUT2D eigenvalue weighted by molar-refractivity contribution is 7.99. The van der Waals surface area contributed by atoms with Crippen molar-refractivity contribution in [3.8, 4) is 0 Å². The highest BCUT2D eigenvalue weighted by Gasteiger charge is 2.14. The van der Waals surface area contributed by atoms with Gasteiger partial charge < -0.3 is 20.3 Å². The minimum Gasteiger partial charge on any atom is -0.465 e. The summed E-state index contributed by atoms with van der Waals surface area (Å²) >= 11 is 1.57. The minimum atomic E-state index is -0.564. The van der Waals surface area contributed by atoms with E-state index in [4.69, 9.17) is 15.2 Å². The number of carbonyl (C=O) groups excluding carboxylic acids is 1. The fourth-order valence-electron chi connectivity index (χ4n) is 1.31. The lowest BCUT2D eigenvalue weighted by molar-refractivity contribution is -0.144. The predicted octanol–water partition coefficient (Wildman–Crippen LogP) is 1.18. The van der Waals surface area contributed by atoms with Crippen molar-refractivity contribution in [3.63, 3.8) is 0 Å². The molecule has 19 heavy (non-hydrogen) atoms. The molecule has 0 spiro atoms. The van der Waals surface area contributed by atoms with Crippen molar-refractivity contribution < 1.29 is 19.4 Å². The largest absolute Gasteiger partial charge is 0.465 e. The monoisotopic (exact) mass is 293 g/mol. The Kier molecular flexibility index (Phi) is 12.5. The fraction of sp³-hybridized carbons (Fsp3) is 0.923. The third-order valence-corrected chi connectivity index (χ3v) is 3.57. The van der Waals surface area contributed by atoms with E-state index in [2.05, 4.69) is 6.92 Å². The molecular formula is C13H27NO4S. The average molecular weight is 293 g/mol. The first-order valence-electron chi connectivity index (χ1n) is 6.87. The van der Waals surface area contributed by atoms with Crippen molar-refractivity contribution in [2.45, 2.75) is 45.3 Å². The first-order chi connectivity index (χ1) is 9.11. The van der Waals surface area contributed by atoms with Crippen LogP contribution in [-0.4, -0.2) is 54.5 Å². The quantitative estimate of drug-likeness (QED) is 0.415. The lowest BCUT2D eigenvalue weighted by Gasteiger charge is -2.12. The summed E-state index contributed by atoms with van der Waals surface area (Å²) in [6.07, 6.45) is 2.22. The smallest absolute Gasteiger partial charge is 0.322 e. The van der Waals surface area contributed by atoms with Crippen molar-refractivity contribution in [2.24, 2.45) is 5.73 Å². The summed E-state index contributed by atoms with van der Waals surface area (Å²) < 4.78 is 10.1. The van der Waals surface area contributed by atoms with E-state index in [1.54, 1.807) is 18.7 Å². The highest BCUT2D eigenvalue weighted by atomic mass is 32.2. The molecule has 0 amide bonds. The average Bonchev–Trinajstić information content (AvgIpc) is 2.39. The Morgan fingerprint density at radius 2 is 2.16 bits per heavy atom. The Balaban J connectivity index is 3.44. The van der Waals surface area contributed by atoms with Crippen LogP contribution in [0.25, 0.3) is 0 Å². The van der Waals surface area contributed by atoms with Crippen molar-refractivity contribution in [3.05, 3.63) is 0 Å². The number of carbonyl (C=O) groups is 1. The fourth-order valence-corrected chi connectivity index (χ4v) is 2.27. The van der Waals surface area contributed by atoms with E-state index in [0.29, 0.717) is 32.0 Å². The summed E-state index contributed by atoms with van der Waals surface area (Å²) in [6.45, 7) is 5.28. The van der Waals surface area contributed by atoms with Crippen LogP contribution in [0.5, 0.6) is 0 Å². The molecule has 0 radical (unpaired) electrons. The van der Waals surface area contributed by atoms with E-state index < -0.39 is 12.1 Å². The molecule has 2 unspecified atom stereocenters. The van der Waals surface area contributed by atoms with Gasteiger partial charge in [-0.05, 0) is 25.5 Å². The highest BCUT2D eigenvalue weighted by Crippen LogP contribution is 2.07. The van der Waals surface area contributed by atoms with Gasteiger partial charge in [0, 0.05) is 12.4 Å². The molecular weight excluding hydrogens is 266 g/mol. The lowest BCUT2D eigenvalue weighted by atomic mass is 10.2. The van der Waals surface area contributed by atoms with E-state index >= 15 is 0 Å². The van der Waals surface area contributed by atoms with Gasteiger partial charge in [0.25, 0.3) is 0 Å². The van der Waals surface area contributed by atoms with E-state index in [1.807, 2.05) is 0 Å². The molecule has 0 aliphatic rings. The second-order valence-electron chi connectivity index (χ2n) is 4.30. The Morgan fingerprint density at radius 1 is 1.42 bits per heavy atom. The summed E-state index contributed by atoms with van der Waals surface area (Å²) in [4.78, 5) is 11.2. The van der Waals surface area contributed by atoms with Gasteiger partial charge in [0.1, 0.15) is 6.04 Å². The van der Waals surface area contributed by atoms with Crippen LogP contribution in [0, 0.1) is 0 Å². The Labute approximate surface area is 120 Å². The van der Waals surface area contributed by atoms with Crippen molar-refractivity contribution in [1.29, 1.82) is 0 Å². The molecule has 0 aliphatic heterocycles. The van der Waals surface area contributed by atoms with Gasteiger partial charge in [-0.2, -0.15) is 11.8 Å². The molecule has 2 atom stereocenters. The third kappa shape index (κ3) is 11.2. The first-order valence-corrected chi connectivity index (χ1v) is 8.03. The van der Waals surface area contributed by atoms with Crippen molar-refractivity contribution in [1.82, 2.24) is 0 Å². The molecule has 0 saturated carbocycles. The van der Waals surface area contributed by atoms with Gasteiger partial charge in [0.2, 0.25) is 0 Å². The lowest BCUT2D eigenvalue weighted by Crippen LogP contribution is -2.33. The zero-order valence-electron chi connectivity index (χ0n) is 12.0. The maximum absolute atomic E-state index is 11.2. The number of nitrogens with two attached hydrogens (primary N) is 1. The van der Waals surface area contributed by atoms with E-state index in [-0.39, 0.29) is 5.97 Å². The van der Waals surface area contributed by atoms with Crippen LogP contribution in [0.2, 0.25) is 0 Å². The maximum atomic E-state index is 11.2. The number of unbranched alkanes of at least 4 members (excludes halogenated alkanes) is 1. The SMILES string of the molecule is CCCCOCC(O)CSCCC(N)C(=O)OCC. The van der Waals surface area contributed by atoms with Crippen molar-refractivity contribution >= 4 is 17.7 Å². The third-order valence-electron chi connectivity index (χ3n) is 2.43. The molecule has 6 heteroatoms. The number of aliphatic hydroxyl groups excluding tert-OH is 1. The molecule has 0 aliphatic carbocycles. The Morgan fingerprint density at radius 3 is 2.79 bits per heavy atom. The summed E-state index contributed by atoms with van der Waals surface area (Å²) in [6, 6.07) is -0.564.